The van der Waals surface area contributed by atoms with Crippen LogP contribution < -0.4 is 4.74 Å². The lowest BCUT2D eigenvalue weighted by molar-refractivity contribution is 0.412. The monoisotopic (exact) mass is 304 g/mol. The molecule has 3 rings (SSSR count). The molecular weight excluding hydrogens is 296 g/mol. The molecule has 5 heteroatoms. The molecule has 0 N–H and O–H groups in total. The number of fused-ring (bicyclic) bond motifs is 1. The SMILES string of the molecule is COc1ccc(-c2nc3ncccc3o2)cc1Br. The molecule has 0 fully saturated rings. The summed E-state index contributed by atoms with van der Waals surface area (Å²) in [6.07, 6.45) is 1.69. The van der Waals surface area contributed by atoms with Gasteiger partial charge in [-0.25, -0.2) is 4.98 Å². The van der Waals surface area contributed by atoms with E-state index < -0.39 is 0 Å². The lowest BCUT2D eigenvalue weighted by Gasteiger charge is -2.03. The Balaban J connectivity index is 2.11. The molecular formula is C13H9BrN2O2. The first-order valence-electron chi connectivity index (χ1n) is 5.33. The third kappa shape index (κ3) is 1.86. The van der Waals surface area contributed by atoms with E-state index in [1.807, 2.05) is 30.3 Å². The number of methoxy groups -OCH3 is 1. The van der Waals surface area contributed by atoms with Crippen molar-refractivity contribution in [3.05, 3.63) is 41.0 Å². The van der Waals surface area contributed by atoms with Crippen molar-refractivity contribution in [1.82, 2.24) is 9.97 Å². The van der Waals surface area contributed by atoms with Crippen LogP contribution in [0.5, 0.6) is 5.75 Å². The fraction of sp³-hybridized carbons (Fsp3) is 0.0769. The quantitative estimate of drug-likeness (QED) is 0.725. The van der Waals surface area contributed by atoms with Crippen molar-refractivity contribution in [2.75, 3.05) is 7.11 Å². The van der Waals surface area contributed by atoms with Gasteiger partial charge in [-0.15, -0.1) is 0 Å². The minimum absolute atomic E-state index is 0.548. The van der Waals surface area contributed by atoms with E-state index in [-0.39, 0.29) is 0 Å². The van der Waals surface area contributed by atoms with Crippen molar-refractivity contribution in [3.8, 4) is 17.2 Å². The van der Waals surface area contributed by atoms with Crippen molar-refractivity contribution in [1.29, 1.82) is 0 Å². The zero-order valence-electron chi connectivity index (χ0n) is 9.55. The van der Waals surface area contributed by atoms with Crippen LogP contribution in [0.25, 0.3) is 22.7 Å². The van der Waals surface area contributed by atoms with Crippen molar-refractivity contribution in [3.63, 3.8) is 0 Å². The molecule has 2 aromatic heterocycles. The molecule has 18 heavy (non-hydrogen) atoms. The summed E-state index contributed by atoms with van der Waals surface area (Å²) in [5, 5.41) is 0. The van der Waals surface area contributed by atoms with E-state index in [1.165, 1.54) is 0 Å². The average molecular weight is 305 g/mol. The largest absolute Gasteiger partial charge is 0.496 e. The van der Waals surface area contributed by atoms with Crippen LogP contribution in [-0.2, 0) is 0 Å². The van der Waals surface area contributed by atoms with Gasteiger partial charge in [0, 0.05) is 11.8 Å². The Labute approximate surface area is 112 Å². The highest BCUT2D eigenvalue weighted by Crippen LogP contribution is 2.31. The van der Waals surface area contributed by atoms with E-state index in [2.05, 4.69) is 25.9 Å². The van der Waals surface area contributed by atoms with Gasteiger partial charge < -0.3 is 9.15 Å². The number of hydrogen-bond donors (Lipinski definition) is 0. The first-order chi connectivity index (χ1) is 8.78. The molecule has 0 saturated heterocycles. The molecule has 0 atom stereocenters. The van der Waals surface area contributed by atoms with Gasteiger partial charge in [-0.05, 0) is 46.3 Å². The van der Waals surface area contributed by atoms with Crippen molar-refractivity contribution >= 4 is 27.2 Å². The second-order valence-corrected chi connectivity index (χ2v) is 4.55. The third-order valence-electron chi connectivity index (χ3n) is 2.56. The Kier molecular flexibility index (Phi) is 2.76. The summed E-state index contributed by atoms with van der Waals surface area (Å²) < 4.78 is 11.7. The van der Waals surface area contributed by atoms with E-state index in [9.17, 15) is 0 Å². The normalized spacial score (nSPS) is 10.8. The highest BCUT2D eigenvalue weighted by atomic mass is 79.9. The molecule has 2 heterocycles. The number of rotatable bonds is 2. The number of halogens is 1. The van der Waals surface area contributed by atoms with Crippen LogP contribution in [0, 0.1) is 0 Å². The smallest absolute Gasteiger partial charge is 0.228 e. The van der Waals surface area contributed by atoms with Gasteiger partial charge in [0.15, 0.2) is 11.2 Å². The Hall–Kier alpha value is -1.88. The standard InChI is InChI=1S/C13H9BrN2O2/c1-17-10-5-4-8(7-9(10)14)13-16-12-11(18-13)3-2-6-15-12/h2-7H,1H3. The summed E-state index contributed by atoms with van der Waals surface area (Å²) >= 11 is 3.44. The number of benzene rings is 1. The van der Waals surface area contributed by atoms with Gasteiger partial charge in [-0.3, -0.25) is 0 Å². The van der Waals surface area contributed by atoms with E-state index >= 15 is 0 Å². The maximum Gasteiger partial charge on any atom is 0.228 e. The molecule has 0 amide bonds. The average Bonchev–Trinajstić information content (AvgIpc) is 2.82. The van der Waals surface area contributed by atoms with E-state index in [0.29, 0.717) is 17.1 Å². The summed E-state index contributed by atoms with van der Waals surface area (Å²) in [5.74, 6) is 1.32. The number of aromatic nitrogens is 2. The first-order valence-corrected chi connectivity index (χ1v) is 6.12. The minimum Gasteiger partial charge on any atom is -0.496 e. The van der Waals surface area contributed by atoms with Gasteiger partial charge in [-0.1, -0.05) is 0 Å². The lowest BCUT2D eigenvalue weighted by Crippen LogP contribution is -1.85. The molecule has 90 valence electrons. The molecule has 0 saturated carbocycles. The molecule has 0 bridgehead atoms. The molecule has 0 aliphatic rings. The summed E-state index contributed by atoms with van der Waals surface area (Å²) in [6, 6.07) is 9.33. The topological polar surface area (TPSA) is 48.2 Å². The molecule has 3 aromatic rings. The fourth-order valence-corrected chi connectivity index (χ4v) is 2.23. The Morgan fingerprint density at radius 3 is 2.89 bits per heavy atom. The Morgan fingerprint density at radius 1 is 1.28 bits per heavy atom. The Morgan fingerprint density at radius 2 is 2.17 bits per heavy atom. The zero-order valence-corrected chi connectivity index (χ0v) is 11.1. The molecule has 0 aliphatic heterocycles. The van der Waals surface area contributed by atoms with Gasteiger partial charge in [0.25, 0.3) is 0 Å². The summed E-state index contributed by atoms with van der Waals surface area (Å²) in [6.45, 7) is 0. The molecule has 0 radical (unpaired) electrons. The van der Waals surface area contributed by atoms with E-state index in [1.54, 1.807) is 13.3 Å². The zero-order chi connectivity index (χ0) is 12.5. The van der Waals surface area contributed by atoms with Crippen LogP contribution in [0.3, 0.4) is 0 Å². The number of hydrogen-bond acceptors (Lipinski definition) is 4. The van der Waals surface area contributed by atoms with Gasteiger partial charge in [0.05, 0.1) is 11.6 Å². The second-order valence-electron chi connectivity index (χ2n) is 3.69. The van der Waals surface area contributed by atoms with Gasteiger partial charge >= 0.3 is 0 Å². The molecule has 0 unspecified atom stereocenters. The van der Waals surface area contributed by atoms with Crippen molar-refractivity contribution in [2.45, 2.75) is 0 Å². The van der Waals surface area contributed by atoms with E-state index in [0.717, 1.165) is 15.8 Å². The second kappa shape index (κ2) is 4.42. The molecule has 1 aromatic carbocycles. The lowest BCUT2D eigenvalue weighted by atomic mass is 10.2. The fourth-order valence-electron chi connectivity index (χ4n) is 1.69. The van der Waals surface area contributed by atoms with Crippen LogP contribution in [0.15, 0.2) is 45.4 Å². The van der Waals surface area contributed by atoms with Crippen molar-refractivity contribution < 1.29 is 9.15 Å². The van der Waals surface area contributed by atoms with Gasteiger partial charge in [-0.2, -0.15) is 4.98 Å². The van der Waals surface area contributed by atoms with Gasteiger partial charge in [0.1, 0.15) is 5.75 Å². The number of oxazole rings is 1. The first kappa shape index (κ1) is 11.2. The summed E-state index contributed by atoms with van der Waals surface area (Å²) in [7, 11) is 1.63. The van der Waals surface area contributed by atoms with Crippen LogP contribution in [0.1, 0.15) is 0 Å². The summed E-state index contributed by atoms with van der Waals surface area (Å²) in [5.41, 5.74) is 2.17. The van der Waals surface area contributed by atoms with Crippen LogP contribution in [0.4, 0.5) is 0 Å². The number of ether oxygens (including phenoxy) is 1. The molecule has 4 nitrogen and oxygen atoms in total. The highest BCUT2D eigenvalue weighted by molar-refractivity contribution is 9.10. The van der Waals surface area contributed by atoms with Crippen LogP contribution in [-0.4, -0.2) is 17.1 Å². The van der Waals surface area contributed by atoms with E-state index in [4.69, 9.17) is 9.15 Å². The van der Waals surface area contributed by atoms with Crippen LogP contribution >= 0.6 is 15.9 Å². The van der Waals surface area contributed by atoms with Crippen molar-refractivity contribution in [2.24, 2.45) is 0 Å². The minimum atomic E-state index is 0.548. The number of pyridine rings is 1. The maximum atomic E-state index is 5.65. The molecule has 0 aliphatic carbocycles. The third-order valence-corrected chi connectivity index (χ3v) is 3.18. The predicted molar refractivity (Wildman–Crippen MR) is 71.5 cm³/mol. The number of nitrogens with zero attached hydrogens (tertiary/aromatic N) is 2. The predicted octanol–water partition coefficient (Wildman–Crippen LogP) is 3.66. The van der Waals surface area contributed by atoms with Gasteiger partial charge in [0.2, 0.25) is 5.89 Å². The van der Waals surface area contributed by atoms with Crippen LogP contribution in [0.2, 0.25) is 0 Å². The maximum absolute atomic E-state index is 5.65. The summed E-state index contributed by atoms with van der Waals surface area (Å²) in [4.78, 5) is 8.48. The highest BCUT2D eigenvalue weighted by Gasteiger charge is 2.10. The molecule has 0 spiro atoms. The Bertz CT molecular complexity index is 676.